The van der Waals surface area contributed by atoms with Gasteiger partial charge in [-0.05, 0) is 37.0 Å². The predicted octanol–water partition coefficient (Wildman–Crippen LogP) is 3.34. The Hall–Kier alpha value is -0.430. The highest BCUT2D eigenvalue weighted by Gasteiger charge is 2.21. The summed E-state index contributed by atoms with van der Waals surface area (Å²) in [5.41, 5.74) is 4.50. The van der Waals surface area contributed by atoms with E-state index in [0.29, 0.717) is 0 Å². The van der Waals surface area contributed by atoms with E-state index >= 15 is 0 Å². The van der Waals surface area contributed by atoms with E-state index in [0.717, 1.165) is 5.25 Å². The van der Waals surface area contributed by atoms with E-state index in [1.807, 2.05) is 11.8 Å². The van der Waals surface area contributed by atoms with Crippen molar-refractivity contribution < 1.29 is 0 Å². The van der Waals surface area contributed by atoms with Gasteiger partial charge < -0.3 is 0 Å². The first-order valence-corrected chi connectivity index (χ1v) is 5.32. The van der Waals surface area contributed by atoms with Crippen molar-refractivity contribution in [3.05, 3.63) is 28.8 Å². The molecule has 0 spiro atoms. The third-order valence-electron chi connectivity index (χ3n) is 2.50. The van der Waals surface area contributed by atoms with Crippen molar-refractivity contribution in [2.24, 2.45) is 0 Å². The van der Waals surface area contributed by atoms with Crippen LogP contribution in [0.1, 0.15) is 23.6 Å². The monoisotopic (exact) mass is 178 g/mol. The van der Waals surface area contributed by atoms with Gasteiger partial charge in [0.2, 0.25) is 0 Å². The summed E-state index contributed by atoms with van der Waals surface area (Å²) in [6, 6.07) is 4.48. The average molecular weight is 178 g/mol. The number of hydrogen-bond acceptors (Lipinski definition) is 1. The summed E-state index contributed by atoms with van der Waals surface area (Å²) in [7, 11) is 0. The summed E-state index contributed by atoms with van der Waals surface area (Å²) < 4.78 is 0. The Labute approximate surface area is 78.4 Å². The van der Waals surface area contributed by atoms with Crippen LogP contribution < -0.4 is 0 Å². The van der Waals surface area contributed by atoms with Gasteiger partial charge >= 0.3 is 0 Å². The molecule has 0 N–H and O–H groups in total. The molecular weight excluding hydrogens is 164 g/mol. The summed E-state index contributed by atoms with van der Waals surface area (Å²) in [6.07, 6.45) is 1.26. The molecule has 0 aromatic heterocycles. The smallest absolute Gasteiger partial charge is 0.0139 e. The lowest BCUT2D eigenvalue weighted by molar-refractivity contribution is 0.945. The van der Waals surface area contributed by atoms with E-state index in [-0.39, 0.29) is 0 Å². The molecule has 12 heavy (non-hydrogen) atoms. The van der Waals surface area contributed by atoms with Gasteiger partial charge in [0.15, 0.2) is 0 Å². The van der Waals surface area contributed by atoms with Crippen LogP contribution in [0.2, 0.25) is 0 Å². The average Bonchev–Trinajstić information content (AvgIpc) is 2.41. The van der Waals surface area contributed by atoms with Crippen LogP contribution in [0.3, 0.4) is 0 Å². The molecule has 2 rings (SSSR count). The summed E-state index contributed by atoms with van der Waals surface area (Å²) in [5, 5.41) is 0.778. The molecule has 0 radical (unpaired) electrons. The Bertz CT molecular complexity index is 284. The zero-order valence-electron chi connectivity index (χ0n) is 7.85. The normalized spacial score (nSPS) is 21.1. The highest BCUT2D eigenvalue weighted by Crippen LogP contribution is 2.40. The van der Waals surface area contributed by atoms with Crippen LogP contribution in [0.25, 0.3) is 0 Å². The Kier molecular flexibility index (Phi) is 1.91. The van der Waals surface area contributed by atoms with E-state index < -0.39 is 0 Å². The maximum absolute atomic E-state index is 2.31. The summed E-state index contributed by atoms with van der Waals surface area (Å²) in [6.45, 7) is 6.74. The molecular formula is C11H14S. The summed E-state index contributed by atoms with van der Waals surface area (Å²) >= 11 is 2.03. The summed E-state index contributed by atoms with van der Waals surface area (Å²) in [4.78, 5) is 1.54. The number of benzene rings is 1. The first-order valence-electron chi connectivity index (χ1n) is 4.44. The Morgan fingerprint density at radius 3 is 2.58 bits per heavy atom. The van der Waals surface area contributed by atoms with E-state index in [1.54, 1.807) is 10.5 Å². The fourth-order valence-electron chi connectivity index (χ4n) is 1.79. The van der Waals surface area contributed by atoms with Crippen molar-refractivity contribution in [1.29, 1.82) is 0 Å². The molecule has 0 nitrogen and oxygen atoms in total. The molecule has 1 aliphatic rings. The zero-order valence-corrected chi connectivity index (χ0v) is 8.66. The molecule has 1 heteroatoms. The second-order valence-corrected chi connectivity index (χ2v) is 5.09. The second kappa shape index (κ2) is 2.81. The van der Waals surface area contributed by atoms with Crippen LogP contribution in [0, 0.1) is 13.8 Å². The maximum Gasteiger partial charge on any atom is 0.0139 e. The molecule has 0 saturated heterocycles. The van der Waals surface area contributed by atoms with Gasteiger partial charge in [-0.1, -0.05) is 19.1 Å². The minimum atomic E-state index is 0.778. The first-order chi connectivity index (χ1) is 5.68. The van der Waals surface area contributed by atoms with Gasteiger partial charge in [-0.2, -0.15) is 0 Å². The van der Waals surface area contributed by atoms with E-state index in [2.05, 4.69) is 32.9 Å². The van der Waals surface area contributed by atoms with Crippen molar-refractivity contribution in [2.75, 3.05) is 0 Å². The minimum Gasteiger partial charge on any atom is -0.122 e. The van der Waals surface area contributed by atoms with Gasteiger partial charge in [0.05, 0.1) is 0 Å². The van der Waals surface area contributed by atoms with Crippen LogP contribution >= 0.6 is 11.8 Å². The molecule has 0 amide bonds. The lowest BCUT2D eigenvalue weighted by atomic mass is 10.0. The molecule has 1 aromatic rings. The molecule has 0 bridgehead atoms. The third kappa shape index (κ3) is 1.16. The standard InChI is InChI=1S/C11H14S/c1-7-4-5-8(2)11-10(7)6-9(3)12-11/h4-5,9H,6H2,1-3H3. The topological polar surface area (TPSA) is 0 Å². The lowest BCUT2D eigenvalue weighted by Crippen LogP contribution is -1.93. The van der Waals surface area contributed by atoms with Crippen LogP contribution in [-0.2, 0) is 6.42 Å². The fourth-order valence-corrected chi connectivity index (χ4v) is 3.08. The van der Waals surface area contributed by atoms with Gasteiger partial charge in [0, 0.05) is 10.1 Å². The third-order valence-corrected chi connectivity index (χ3v) is 3.88. The molecule has 0 fully saturated rings. The number of hydrogen-bond donors (Lipinski definition) is 0. The SMILES string of the molecule is Cc1ccc(C)c2c1CC(C)S2. The Balaban J connectivity index is 2.56. The number of thioether (sulfide) groups is 1. The fraction of sp³-hybridized carbons (Fsp3) is 0.455. The molecule has 1 aliphatic heterocycles. The highest BCUT2D eigenvalue weighted by atomic mass is 32.2. The van der Waals surface area contributed by atoms with Crippen LogP contribution in [0.5, 0.6) is 0 Å². The van der Waals surface area contributed by atoms with Gasteiger partial charge in [-0.25, -0.2) is 0 Å². The van der Waals surface area contributed by atoms with E-state index in [9.17, 15) is 0 Å². The quantitative estimate of drug-likeness (QED) is 0.587. The summed E-state index contributed by atoms with van der Waals surface area (Å²) in [5.74, 6) is 0. The molecule has 1 heterocycles. The minimum absolute atomic E-state index is 0.778. The van der Waals surface area contributed by atoms with Crippen molar-refractivity contribution in [1.82, 2.24) is 0 Å². The van der Waals surface area contributed by atoms with Gasteiger partial charge in [0.1, 0.15) is 0 Å². The molecule has 1 unspecified atom stereocenters. The largest absolute Gasteiger partial charge is 0.122 e. The van der Waals surface area contributed by atoms with Gasteiger partial charge in [0.25, 0.3) is 0 Å². The Morgan fingerprint density at radius 1 is 1.25 bits per heavy atom. The van der Waals surface area contributed by atoms with Crippen molar-refractivity contribution >= 4 is 11.8 Å². The predicted molar refractivity (Wildman–Crippen MR) is 54.9 cm³/mol. The molecule has 1 aromatic carbocycles. The zero-order chi connectivity index (χ0) is 8.72. The van der Waals surface area contributed by atoms with E-state index in [1.165, 1.54) is 17.5 Å². The van der Waals surface area contributed by atoms with E-state index in [4.69, 9.17) is 0 Å². The molecule has 0 saturated carbocycles. The van der Waals surface area contributed by atoms with Crippen LogP contribution in [-0.4, -0.2) is 5.25 Å². The number of aryl methyl sites for hydroxylation is 2. The lowest BCUT2D eigenvalue weighted by Gasteiger charge is -2.04. The van der Waals surface area contributed by atoms with Crippen LogP contribution in [0.4, 0.5) is 0 Å². The van der Waals surface area contributed by atoms with Crippen molar-refractivity contribution in [3.8, 4) is 0 Å². The van der Waals surface area contributed by atoms with Gasteiger partial charge in [-0.3, -0.25) is 0 Å². The van der Waals surface area contributed by atoms with Crippen molar-refractivity contribution in [3.63, 3.8) is 0 Å². The van der Waals surface area contributed by atoms with Gasteiger partial charge in [-0.15, -0.1) is 11.8 Å². The number of rotatable bonds is 0. The molecule has 64 valence electrons. The Morgan fingerprint density at radius 2 is 1.92 bits per heavy atom. The van der Waals surface area contributed by atoms with Crippen molar-refractivity contribution in [2.45, 2.75) is 37.3 Å². The highest BCUT2D eigenvalue weighted by molar-refractivity contribution is 8.00. The molecule has 0 aliphatic carbocycles. The molecule has 1 atom stereocenters. The first kappa shape index (κ1) is 8.18. The van der Waals surface area contributed by atoms with Crippen LogP contribution in [0.15, 0.2) is 17.0 Å². The maximum atomic E-state index is 2.31. The second-order valence-electron chi connectivity index (χ2n) is 3.64. The number of fused-ring (bicyclic) bond motifs is 1.